The Balaban J connectivity index is 2.68. The van der Waals surface area contributed by atoms with Crippen LogP contribution in [-0.4, -0.2) is 15.8 Å². The summed E-state index contributed by atoms with van der Waals surface area (Å²) in [4.78, 5) is 11.8. The van der Waals surface area contributed by atoms with Gasteiger partial charge in [0.25, 0.3) is 0 Å². The lowest BCUT2D eigenvalue weighted by Gasteiger charge is -2.17. The number of para-hydroxylation sites is 2. The zero-order valence-electron chi connectivity index (χ0n) is 9.24. The van der Waals surface area contributed by atoms with Crippen molar-refractivity contribution < 1.29 is 9.52 Å². The number of aliphatic hydroxyl groups excluding tert-OH is 1. The van der Waals surface area contributed by atoms with E-state index in [0.717, 1.165) is 0 Å². The van der Waals surface area contributed by atoms with Gasteiger partial charge in [-0.2, -0.15) is 0 Å². The molecule has 0 saturated carbocycles. The molecule has 0 fully saturated rings. The number of rotatable bonds is 4. The highest BCUT2D eigenvalue weighted by molar-refractivity contribution is 5.72. The molecule has 0 amide bonds. The lowest BCUT2D eigenvalue weighted by Crippen LogP contribution is -2.27. The van der Waals surface area contributed by atoms with Crippen molar-refractivity contribution in [3.63, 3.8) is 0 Å². The van der Waals surface area contributed by atoms with Crippen LogP contribution in [0.4, 0.5) is 0 Å². The molecule has 2 atom stereocenters. The second-order valence-corrected chi connectivity index (χ2v) is 3.66. The Morgan fingerprint density at radius 1 is 1.29 bits per heavy atom. The van der Waals surface area contributed by atoms with Crippen molar-refractivity contribution in [2.24, 2.45) is 0 Å². The Bertz CT molecular complexity index is 608. The second-order valence-electron chi connectivity index (χ2n) is 3.66. The molecule has 2 rings (SSSR count). The van der Waals surface area contributed by atoms with Gasteiger partial charge in [0, 0.05) is 0 Å². The predicted octanol–water partition coefficient (Wildman–Crippen LogP) is 1.87. The number of aliphatic hydroxyl groups is 1. The average molecular weight is 231 g/mol. The monoisotopic (exact) mass is 231 g/mol. The van der Waals surface area contributed by atoms with Crippen molar-refractivity contribution in [1.82, 2.24) is 4.57 Å². The summed E-state index contributed by atoms with van der Waals surface area (Å²) < 4.78 is 6.46. The lowest BCUT2D eigenvalue weighted by molar-refractivity contribution is 0.177. The molecule has 0 saturated heterocycles. The van der Waals surface area contributed by atoms with Gasteiger partial charge in [0.1, 0.15) is 0 Å². The van der Waals surface area contributed by atoms with Gasteiger partial charge in [-0.3, -0.25) is 4.57 Å². The highest BCUT2D eigenvalue weighted by Crippen LogP contribution is 2.20. The maximum atomic E-state index is 11.8. The zero-order chi connectivity index (χ0) is 12.4. The Hall–Kier alpha value is -2.07. The fourth-order valence-electron chi connectivity index (χ4n) is 1.80. The summed E-state index contributed by atoms with van der Waals surface area (Å²) in [7, 11) is 0. The Kier molecular flexibility index (Phi) is 2.97. The highest BCUT2D eigenvalue weighted by Gasteiger charge is 2.20. The van der Waals surface area contributed by atoms with Crippen molar-refractivity contribution in [1.29, 1.82) is 0 Å². The first-order chi connectivity index (χ1) is 8.19. The summed E-state index contributed by atoms with van der Waals surface area (Å²) in [6.45, 7) is 7.13. The van der Waals surface area contributed by atoms with Gasteiger partial charge in [-0.05, 0) is 12.1 Å². The number of hydrogen-bond acceptors (Lipinski definition) is 3. The molecule has 1 aromatic carbocycles. The number of nitrogens with zero attached hydrogens (tertiary/aromatic N) is 1. The lowest BCUT2D eigenvalue weighted by atomic mass is 10.1. The van der Waals surface area contributed by atoms with Crippen LogP contribution in [0.2, 0.25) is 0 Å². The minimum absolute atomic E-state index is 0.487. The van der Waals surface area contributed by atoms with E-state index in [1.54, 1.807) is 24.3 Å². The van der Waals surface area contributed by atoms with Crippen molar-refractivity contribution in [2.45, 2.75) is 12.1 Å². The Morgan fingerprint density at radius 3 is 2.65 bits per heavy atom. The molecular formula is C13H13NO3. The summed E-state index contributed by atoms with van der Waals surface area (Å²) in [5.41, 5.74) is 1.11. The summed E-state index contributed by atoms with van der Waals surface area (Å²) in [5.74, 6) is -0.517. The quantitative estimate of drug-likeness (QED) is 0.817. The van der Waals surface area contributed by atoms with Gasteiger partial charge in [0.05, 0.1) is 17.7 Å². The van der Waals surface area contributed by atoms with Crippen molar-refractivity contribution >= 4 is 11.1 Å². The molecule has 1 heterocycles. The second kappa shape index (κ2) is 4.43. The smallest absolute Gasteiger partial charge is 0.408 e. The van der Waals surface area contributed by atoms with Crippen LogP contribution in [0.5, 0.6) is 0 Å². The molecule has 4 nitrogen and oxygen atoms in total. The molecule has 17 heavy (non-hydrogen) atoms. The van der Waals surface area contributed by atoms with E-state index < -0.39 is 17.9 Å². The highest BCUT2D eigenvalue weighted by atomic mass is 16.4. The first-order valence-electron chi connectivity index (χ1n) is 5.22. The van der Waals surface area contributed by atoms with E-state index in [9.17, 15) is 9.90 Å². The fourth-order valence-corrected chi connectivity index (χ4v) is 1.80. The molecular weight excluding hydrogens is 218 g/mol. The Labute approximate surface area is 98.1 Å². The van der Waals surface area contributed by atoms with Gasteiger partial charge in [-0.25, -0.2) is 4.79 Å². The molecule has 1 N–H and O–H groups in total. The molecule has 0 spiro atoms. The third kappa shape index (κ3) is 1.83. The summed E-state index contributed by atoms with van der Waals surface area (Å²) >= 11 is 0. The van der Waals surface area contributed by atoms with Crippen LogP contribution < -0.4 is 5.76 Å². The van der Waals surface area contributed by atoms with Crippen molar-refractivity contribution in [2.75, 3.05) is 0 Å². The third-order valence-electron chi connectivity index (χ3n) is 2.65. The molecule has 4 heteroatoms. The molecule has 0 aliphatic rings. The maximum absolute atomic E-state index is 11.8. The molecule has 0 bridgehead atoms. The number of oxazole rings is 1. The molecule has 88 valence electrons. The van der Waals surface area contributed by atoms with Gasteiger partial charge < -0.3 is 9.52 Å². The van der Waals surface area contributed by atoms with Crippen LogP contribution in [0.3, 0.4) is 0 Å². The van der Waals surface area contributed by atoms with Crippen LogP contribution in [-0.2, 0) is 0 Å². The molecule has 2 aromatic rings. The molecule has 1 unspecified atom stereocenters. The molecule has 0 aliphatic carbocycles. The Morgan fingerprint density at radius 2 is 2.00 bits per heavy atom. The van der Waals surface area contributed by atoms with E-state index in [1.807, 2.05) is 0 Å². The fraction of sp³-hybridized carbons (Fsp3) is 0.154. The van der Waals surface area contributed by atoms with Gasteiger partial charge in [-0.15, -0.1) is 13.2 Å². The average Bonchev–Trinajstić information content (AvgIpc) is 2.67. The van der Waals surface area contributed by atoms with Crippen molar-refractivity contribution in [3.05, 3.63) is 60.1 Å². The normalized spacial score (nSPS) is 14.4. The van der Waals surface area contributed by atoms with E-state index >= 15 is 0 Å². The largest absolute Gasteiger partial charge is 0.420 e. The first-order valence-corrected chi connectivity index (χ1v) is 5.22. The summed E-state index contributed by atoms with van der Waals surface area (Å²) in [6, 6.07) is 6.46. The minimum atomic E-state index is -0.883. The first kappa shape index (κ1) is 11.4. The van der Waals surface area contributed by atoms with Crippen molar-refractivity contribution in [3.8, 4) is 0 Å². The van der Waals surface area contributed by atoms with E-state index in [0.29, 0.717) is 11.1 Å². The molecule has 0 aliphatic heterocycles. The number of fused-ring (bicyclic) bond motifs is 1. The zero-order valence-corrected chi connectivity index (χ0v) is 9.24. The number of aromatic nitrogens is 1. The van der Waals surface area contributed by atoms with Gasteiger partial charge in [-0.1, -0.05) is 24.3 Å². The molecule has 0 radical (unpaired) electrons. The summed E-state index contributed by atoms with van der Waals surface area (Å²) in [6.07, 6.45) is 1.97. The van der Waals surface area contributed by atoms with Crippen LogP contribution >= 0.6 is 0 Å². The number of benzene rings is 1. The minimum Gasteiger partial charge on any atom is -0.408 e. The van der Waals surface area contributed by atoms with E-state index in [4.69, 9.17) is 4.42 Å². The standard InChI is InChI=1S/C13H13NO3/c1-3-9(11(15)4-2)14-10-7-5-6-8-12(10)17-13(14)16/h3-9,11,15H,1-2H2/t9-,11?/m1/s1. The summed E-state index contributed by atoms with van der Waals surface area (Å²) in [5, 5.41) is 9.78. The third-order valence-corrected chi connectivity index (χ3v) is 2.65. The topological polar surface area (TPSA) is 55.4 Å². The van der Waals surface area contributed by atoms with E-state index in [2.05, 4.69) is 13.2 Å². The van der Waals surface area contributed by atoms with Crippen LogP contribution in [0, 0.1) is 0 Å². The predicted molar refractivity (Wildman–Crippen MR) is 65.9 cm³/mol. The number of hydrogen-bond donors (Lipinski definition) is 1. The van der Waals surface area contributed by atoms with Gasteiger partial charge in [0.15, 0.2) is 5.58 Å². The molecule has 1 aromatic heterocycles. The van der Waals surface area contributed by atoms with E-state index in [1.165, 1.54) is 16.7 Å². The van der Waals surface area contributed by atoms with Gasteiger partial charge in [0.2, 0.25) is 0 Å². The van der Waals surface area contributed by atoms with E-state index in [-0.39, 0.29) is 0 Å². The maximum Gasteiger partial charge on any atom is 0.420 e. The van der Waals surface area contributed by atoms with Crippen LogP contribution in [0.15, 0.2) is 58.8 Å². The van der Waals surface area contributed by atoms with Gasteiger partial charge >= 0.3 is 5.76 Å². The van der Waals surface area contributed by atoms with Crippen LogP contribution in [0.1, 0.15) is 6.04 Å². The van der Waals surface area contributed by atoms with Crippen LogP contribution in [0.25, 0.3) is 11.1 Å². The SMILES string of the molecule is C=CC(O)[C@@H](C=C)n1c(=O)oc2ccccc21.